The molecule has 1 spiro atoms. The first kappa shape index (κ1) is 25.8. The first-order valence-electron chi connectivity index (χ1n) is 10.9. The molecule has 0 aromatic carbocycles. The quantitative estimate of drug-likeness (QED) is 0.331. The molecule has 3 heterocycles. The van der Waals surface area contributed by atoms with Gasteiger partial charge in [-0.1, -0.05) is 19.2 Å². The van der Waals surface area contributed by atoms with Crippen molar-refractivity contribution in [3.05, 3.63) is 36.0 Å². The minimum absolute atomic E-state index is 0.0649. The molecule has 186 valence electrons. The van der Waals surface area contributed by atoms with Crippen molar-refractivity contribution in [3.8, 4) is 0 Å². The zero-order chi connectivity index (χ0) is 25.7. The topological polar surface area (TPSA) is 146 Å². The maximum absolute atomic E-state index is 13.8. The molecule has 0 aliphatic carbocycles. The molecule has 0 radical (unpaired) electrons. The molecule has 5 atom stereocenters. The molecule has 3 aliphatic heterocycles. The third kappa shape index (κ3) is 3.60. The summed E-state index contributed by atoms with van der Waals surface area (Å²) in [6, 6.07) is 0. The SMILES string of the molecule is C=C(CO)C(=O)OC1CC2(C)OC(=O)C(=CC)C23CCC(C)(O)CC(=O)C1(C(=C)C(=O)OC)O3. The maximum atomic E-state index is 13.8. The highest BCUT2D eigenvalue weighted by atomic mass is 16.6. The van der Waals surface area contributed by atoms with E-state index in [-0.39, 0.29) is 30.4 Å². The second-order valence-electron chi connectivity index (χ2n) is 9.41. The van der Waals surface area contributed by atoms with E-state index in [4.69, 9.17) is 18.9 Å². The van der Waals surface area contributed by atoms with Gasteiger partial charge in [0.15, 0.2) is 11.4 Å². The fourth-order valence-corrected chi connectivity index (χ4v) is 5.15. The van der Waals surface area contributed by atoms with Crippen LogP contribution in [0.4, 0.5) is 0 Å². The van der Waals surface area contributed by atoms with Crippen molar-refractivity contribution in [1.29, 1.82) is 0 Å². The summed E-state index contributed by atoms with van der Waals surface area (Å²) in [5.74, 6) is -3.51. The minimum atomic E-state index is -2.30. The van der Waals surface area contributed by atoms with Crippen molar-refractivity contribution in [2.45, 2.75) is 75.0 Å². The van der Waals surface area contributed by atoms with E-state index in [1.807, 2.05) is 0 Å². The van der Waals surface area contributed by atoms with Gasteiger partial charge in [0, 0.05) is 12.8 Å². The summed E-state index contributed by atoms with van der Waals surface area (Å²) < 4.78 is 22.5. The Hall–Kier alpha value is -2.82. The molecule has 3 fully saturated rings. The van der Waals surface area contributed by atoms with E-state index in [2.05, 4.69) is 13.2 Å². The number of allylic oxidation sites excluding steroid dienone is 1. The van der Waals surface area contributed by atoms with Gasteiger partial charge < -0.3 is 29.2 Å². The number of fused-ring (bicyclic) bond motifs is 1. The highest BCUT2D eigenvalue weighted by Gasteiger charge is 2.74. The third-order valence-corrected chi connectivity index (χ3v) is 7.06. The molecule has 10 nitrogen and oxygen atoms in total. The summed E-state index contributed by atoms with van der Waals surface area (Å²) in [5, 5.41) is 20.3. The Balaban J connectivity index is 2.32. The van der Waals surface area contributed by atoms with E-state index in [1.165, 1.54) is 13.0 Å². The predicted octanol–water partition coefficient (Wildman–Crippen LogP) is 0.840. The van der Waals surface area contributed by atoms with Crippen molar-refractivity contribution < 1.29 is 48.3 Å². The van der Waals surface area contributed by atoms with E-state index in [0.29, 0.717) is 0 Å². The number of carbonyl (C=O) groups is 4. The number of hydrogen-bond acceptors (Lipinski definition) is 10. The van der Waals surface area contributed by atoms with E-state index in [1.54, 1.807) is 13.8 Å². The molecule has 3 saturated heterocycles. The van der Waals surface area contributed by atoms with Crippen LogP contribution in [0.2, 0.25) is 0 Å². The third-order valence-electron chi connectivity index (χ3n) is 7.06. The second kappa shape index (κ2) is 8.44. The zero-order valence-corrected chi connectivity index (χ0v) is 19.8. The Morgan fingerprint density at radius 1 is 1.21 bits per heavy atom. The van der Waals surface area contributed by atoms with Gasteiger partial charge in [0.05, 0.1) is 36.0 Å². The van der Waals surface area contributed by atoms with E-state index in [0.717, 1.165) is 7.11 Å². The Morgan fingerprint density at radius 3 is 2.41 bits per heavy atom. The number of rotatable bonds is 5. The monoisotopic (exact) mass is 478 g/mol. The molecular weight excluding hydrogens is 448 g/mol. The molecule has 2 bridgehead atoms. The lowest BCUT2D eigenvalue weighted by molar-refractivity contribution is -0.271. The van der Waals surface area contributed by atoms with Crippen LogP contribution in [-0.2, 0) is 38.1 Å². The van der Waals surface area contributed by atoms with Gasteiger partial charge in [-0.15, -0.1) is 0 Å². The van der Waals surface area contributed by atoms with E-state index in [9.17, 15) is 29.4 Å². The van der Waals surface area contributed by atoms with Crippen molar-refractivity contribution >= 4 is 23.7 Å². The summed E-state index contributed by atoms with van der Waals surface area (Å²) in [5.41, 5.74) is -7.47. The summed E-state index contributed by atoms with van der Waals surface area (Å²) >= 11 is 0. The van der Waals surface area contributed by atoms with E-state index < -0.39 is 70.8 Å². The summed E-state index contributed by atoms with van der Waals surface area (Å²) in [4.78, 5) is 52.0. The summed E-state index contributed by atoms with van der Waals surface area (Å²) in [7, 11) is 1.09. The number of aliphatic hydroxyl groups excluding tert-OH is 1. The van der Waals surface area contributed by atoms with Gasteiger partial charge in [-0.05, 0) is 33.6 Å². The molecular formula is C24H30O10. The van der Waals surface area contributed by atoms with Crippen LogP contribution in [0.3, 0.4) is 0 Å². The Bertz CT molecular complexity index is 1010. The number of aliphatic hydroxyl groups is 2. The van der Waals surface area contributed by atoms with Gasteiger partial charge in [-0.2, -0.15) is 0 Å². The van der Waals surface area contributed by atoms with Gasteiger partial charge in [0.2, 0.25) is 0 Å². The van der Waals surface area contributed by atoms with Crippen LogP contribution in [0.15, 0.2) is 36.0 Å². The van der Waals surface area contributed by atoms with Crippen molar-refractivity contribution in [3.63, 3.8) is 0 Å². The Labute approximate surface area is 197 Å². The van der Waals surface area contributed by atoms with Crippen LogP contribution >= 0.6 is 0 Å². The molecule has 0 aromatic heterocycles. The predicted molar refractivity (Wildman–Crippen MR) is 116 cm³/mol. The average Bonchev–Trinajstić information content (AvgIpc) is 2.99. The lowest BCUT2D eigenvalue weighted by Crippen LogP contribution is -2.72. The highest BCUT2D eigenvalue weighted by molar-refractivity contribution is 6.05. The molecule has 5 unspecified atom stereocenters. The minimum Gasteiger partial charge on any atom is -0.466 e. The molecule has 10 heteroatoms. The van der Waals surface area contributed by atoms with Crippen LogP contribution in [0, 0.1) is 0 Å². The smallest absolute Gasteiger partial charge is 0.337 e. The first-order chi connectivity index (χ1) is 15.7. The lowest BCUT2D eigenvalue weighted by atomic mass is 9.63. The molecule has 34 heavy (non-hydrogen) atoms. The number of ether oxygens (including phenoxy) is 4. The largest absolute Gasteiger partial charge is 0.466 e. The molecule has 0 aromatic rings. The average molecular weight is 478 g/mol. The fourth-order valence-electron chi connectivity index (χ4n) is 5.15. The van der Waals surface area contributed by atoms with Crippen molar-refractivity contribution in [1.82, 2.24) is 0 Å². The highest BCUT2D eigenvalue weighted by Crippen LogP contribution is 2.59. The Morgan fingerprint density at radius 2 is 1.85 bits per heavy atom. The molecule has 0 amide bonds. The van der Waals surface area contributed by atoms with Gasteiger partial charge in [0.1, 0.15) is 17.3 Å². The number of carbonyl (C=O) groups excluding carboxylic acids is 4. The number of ketones is 1. The Kier molecular flexibility index (Phi) is 6.40. The second-order valence-corrected chi connectivity index (χ2v) is 9.41. The fraction of sp³-hybridized carbons (Fsp3) is 0.583. The maximum Gasteiger partial charge on any atom is 0.337 e. The molecule has 2 N–H and O–H groups in total. The molecule has 0 saturated carbocycles. The number of methoxy groups -OCH3 is 1. The van der Waals surface area contributed by atoms with Crippen LogP contribution in [0.1, 0.15) is 46.5 Å². The van der Waals surface area contributed by atoms with Crippen LogP contribution in [0.25, 0.3) is 0 Å². The zero-order valence-electron chi connectivity index (χ0n) is 19.8. The number of esters is 3. The van der Waals surface area contributed by atoms with Crippen LogP contribution in [-0.4, -0.2) is 76.1 Å². The van der Waals surface area contributed by atoms with Gasteiger partial charge in [-0.3, -0.25) is 4.79 Å². The normalized spacial score (nSPS) is 38.3. The van der Waals surface area contributed by atoms with Crippen LogP contribution in [0.5, 0.6) is 0 Å². The lowest BCUT2D eigenvalue weighted by Gasteiger charge is -2.57. The van der Waals surface area contributed by atoms with Gasteiger partial charge >= 0.3 is 17.9 Å². The van der Waals surface area contributed by atoms with Crippen molar-refractivity contribution in [2.24, 2.45) is 0 Å². The standard InChI is InChI=1S/C24H30O10/c1-7-15-20(29)33-22(5)11-17(32-18(27)13(2)12-25)24(14(3)19(28)31-6)16(26)10-21(4,30)8-9-23(15,22)34-24/h7,17,25,30H,2-3,8-12H2,1,4-6H3. The molecule has 3 rings (SSSR count). The van der Waals surface area contributed by atoms with Gasteiger partial charge in [0.25, 0.3) is 0 Å². The number of hydrogen-bond donors (Lipinski definition) is 2. The van der Waals surface area contributed by atoms with Crippen molar-refractivity contribution in [2.75, 3.05) is 13.7 Å². The van der Waals surface area contributed by atoms with E-state index >= 15 is 0 Å². The van der Waals surface area contributed by atoms with Crippen LogP contribution < -0.4 is 0 Å². The number of Topliss-reactive ketones (excluding diaryl/α,β-unsaturated/α-hetero) is 1. The summed E-state index contributed by atoms with van der Waals surface area (Å²) in [6.07, 6.45) is -0.558. The summed E-state index contributed by atoms with van der Waals surface area (Å²) in [6.45, 7) is 11.1. The van der Waals surface area contributed by atoms with Gasteiger partial charge in [-0.25, -0.2) is 14.4 Å². The molecule has 3 aliphatic rings. The first-order valence-corrected chi connectivity index (χ1v) is 10.9.